The van der Waals surface area contributed by atoms with Crippen molar-refractivity contribution < 1.29 is 4.79 Å². The van der Waals surface area contributed by atoms with Crippen LogP contribution in [0.5, 0.6) is 0 Å². The van der Waals surface area contributed by atoms with Crippen LogP contribution in [0.25, 0.3) is 11.1 Å². The minimum absolute atomic E-state index is 0.297. The topological polar surface area (TPSA) is 41.5 Å². The van der Waals surface area contributed by atoms with Crippen molar-refractivity contribution in [3.63, 3.8) is 0 Å². The molecule has 0 aliphatic carbocycles. The van der Waals surface area contributed by atoms with Gasteiger partial charge in [-0.2, -0.15) is 5.10 Å². The molecule has 0 aliphatic heterocycles. The highest BCUT2D eigenvalue weighted by molar-refractivity contribution is 6.43. The quantitative estimate of drug-likeness (QED) is 0.484. The molecule has 0 fully saturated rings. The van der Waals surface area contributed by atoms with Crippen LogP contribution >= 0.6 is 23.2 Å². The van der Waals surface area contributed by atoms with Gasteiger partial charge in [0.15, 0.2) is 0 Å². The molecule has 3 nitrogen and oxygen atoms in total. The highest BCUT2D eigenvalue weighted by Crippen LogP contribution is 2.24. The van der Waals surface area contributed by atoms with Gasteiger partial charge in [0, 0.05) is 11.1 Å². The predicted molar refractivity (Wildman–Crippen MR) is 103 cm³/mol. The molecule has 0 aliphatic rings. The Morgan fingerprint density at radius 2 is 1.52 bits per heavy atom. The summed E-state index contributed by atoms with van der Waals surface area (Å²) in [6.45, 7) is 0. The van der Waals surface area contributed by atoms with Crippen LogP contribution in [0.2, 0.25) is 10.0 Å². The van der Waals surface area contributed by atoms with Gasteiger partial charge < -0.3 is 0 Å². The van der Waals surface area contributed by atoms with Crippen LogP contribution in [0, 0.1) is 0 Å². The van der Waals surface area contributed by atoms with Gasteiger partial charge in [0.05, 0.1) is 16.3 Å². The van der Waals surface area contributed by atoms with E-state index in [4.69, 9.17) is 23.2 Å². The number of carbonyl (C=O) groups excluding carboxylic acids is 1. The zero-order chi connectivity index (χ0) is 17.6. The van der Waals surface area contributed by atoms with E-state index < -0.39 is 0 Å². The Balaban J connectivity index is 1.67. The molecule has 0 aromatic heterocycles. The molecule has 3 aromatic rings. The summed E-state index contributed by atoms with van der Waals surface area (Å²) in [6, 6.07) is 22.5. The van der Waals surface area contributed by atoms with Gasteiger partial charge in [0.2, 0.25) is 0 Å². The third-order valence-electron chi connectivity index (χ3n) is 3.61. The summed E-state index contributed by atoms with van der Waals surface area (Å²) < 4.78 is 0. The van der Waals surface area contributed by atoms with Gasteiger partial charge in [-0.1, -0.05) is 77.8 Å². The first kappa shape index (κ1) is 17.2. The normalized spacial score (nSPS) is 10.8. The van der Waals surface area contributed by atoms with Crippen molar-refractivity contribution in [2.45, 2.75) is 0 Å². The molecule has 124 valence electrons. The largest absolute Gasteiger partial charge is 0.271 e. The van der Waals surface area contributed by atoms with Crippen molar-refractivity contribution in [3.05, 3.63) is 94.0 Å². The molecule has 0 saturated heterocycles. The van der Waals surface area contributed by atoms with E-state index in [0.29, 0.717) is 21.2 Å². The standard InChI is InChI=1S/C20H14Cl2N2O/c21-18-8-4-7-17(19(18)22)13-23-24-20(25)16-11-9-15(10-12-16)14-5-2-1-3-6-14/h1-13H,(H,24,25)/b23-13-. The highest BCUT2D eigenvalue weighted by Gasteiger charge is 2.05. The van der Waals surface area contributed by atoms with E-state index >= 15 is 0 Å². The third kappa shape index (κ3) is 4.27. The molecule has 0 spiro atoms. The van der Waals surface area contributed by atoms with Gasteiger partial charge >= 0.3 is 0 Å². The van der Waals surface area contributed by atoms with Crippen molar-refractivity contribution in [3.8, 4) is 11.1 Å². The number of nitrogens with zero attached hydrogens (tertiary/aromatic N) is 1. The number of halogens is 2. The average Bonchev–Trinajstić information content (AvgIpc) is 2.66. The zero-order valence-corrected chi connectivity index (χ0v) is 14.6. The third-order valence-corrected chi connectivity index (χ3v) is 4.44. The summed E-state index contributed by atoms with van der Waals surface area (Å²) >= 11 is 12.0. The van der Waals surface area contributed by atoms with Crippen molar-refractivity contribution in [2.24, 2.45) is 5.10 Å². The van der Waals surface area contributed by atoms with E-state index in [9.17, 15) is 4.79 Å². The molecular weight excluding hydrogens is 355 g/mol. The Bertz CT molecular complexity index is 907. The lowest BCUT2D eigenvalue weighted by Crippen LogP contribution is -2.17. The minimum atomic E-state index is -0.297. The molecular formula is C20H14Cl2N2O. The van der Waals surface area contributed by atoms with Crippen molar-refractivity contribution in [1.82, 2.24) is 5.43 Å². The first-order valence-electron chi connectivity index (χ1n) is 7.58. The fourth-order valence-electron chi connectivity index (χ4n) is 2.29. The molecule has 3 rings (SSSR count). The average molecular weight is 369 g/mol. The number of carbonyl (C=O) groups is 1. The fourth-order valence-corrected chi connectivity index (χ4v) is 2.65. The summed E-state index contributed by atoms with van der Waals surface area (Å²) in [5, 5.41) is 4.77. The second-order valence-electron chi connectivity index (χ2n) is 5.29. The Morgan fingerprint density at radius 3 is 2.24 bits per heavy atom. The van der Waals surface area contributed by atoms with Crippen LogP contribution < -0.4 is 5.43 Å². The Morgan fingerprint density at radius 1 is 0.840 bits per heavy atom. The van der Waals surface area contributed by atoms with Crippen molar-refractivity contribution in [1.29, 1.82) is 0 Å². The summed E-state index contributed by atoms with van der Waals surface area (Å²) in [5.41, 5.74) is 5.79. The summed E-state index contributed by atoms with van der Waals surface area (Å²) in [5.74, 6) is -0.297. The second kappa shape index (κ2) is 7.97. The number of nitrogens with one attached hydrogen (secondary N) is 1. The smallest absolute Gasteiger partial charge is 0.267 e. The summed E-state index contributed by atoms with van der Waals surface area (Å²) in [7, 11) is 0. The Labute approximate surface area is 155 Å². The van der Waals surface area contributed by atoms with Crippen LogP contribution in [0.1, 0.15) is 15.9 Å². The van der Waals surface area contributed by atoms with Gasteiger partial charge in [-0.15, -0.1) is 0 Å². The molecule has 5 heteroatoms. The van der Waals surface area contributed by atoms with E-state index in [2.05, 4.69) is 10.5 Å². The maximum absolute atomic E-state index is 12.2. The second-order valence-corrected chi connectivity index (χ2v) is 6.07. The minimum Gasteiger partial charge on any atom is -0.267 e. The van der Waals surface area contributed by atoms with Gasteiger partial charge in [0.1, 0.15) is 0 Å². The van der Waals surface area contributed by atoms with Crippen LogP contribution in [0.3, 0.4) is 0 Å². The van der Waals surface area contributed by atoms with E-state index in [1.54, 1.807) is 30.3 Å². The Hall–Kier alpha value is -2.62. The van der Waals surface area contributed by atoms with Gasteiger partial charge in [-0.3, -0.25) is 4.79 Å². The van der Waals surface area contributed by atoms with Crippen LogP contribution in [0.4, 0.5) is 0 Å². The molecule has 0 radical (unpaired) electrons. The zero-order valence-electron chi connectivity index (χ0n) is 13.1. The number of hydrogen-bond donors (Lipinski definition) is 1. The lowest BCUT2D eigenvalue weighted by molar-refractivity contribution is 0.0955. The van der Waals surface area contributed by atoms with E-state index in [1.165, 1.54) is 6.21 Å². The number of rotatable bonds is 4. The first-order chi connectivity index (χ1) is 12.1. The number of hydrogen-bond acceptors (Lipinski definition) is 2. The SMILES string of the molecule is O=C(N/N=C\c1cccc(Cl)c1Cl)c1ccc(-c2ccccc2)cc1. The Kier molecular flexibility index (Phi) is 5.49. The molecule has 0 atom stereocenters. The molecule has 3 aromatic carbocycles. The predicted octanol–water partition coefficient (Wildman–Crippen LogP) is 5.42. The summed E-state index contributed by atoms with van der Waals surface area (Å²) in [6.07, 6.45) is 1.46. The van der Waals surface area contributed by atoms with Crippen molar-refractivity contribution in [2.75, 3.05) is 0 Å². The molecule has 25 heavy (non-hydrogen) atoms. The van der Waals surface area contributed by atoms with E-state index in [0.717, 1.165) is 11.1 Å². The lowest BCUT2D eigenvalue weighted by Gasteiger charge is -2.04. The van der Waals surface area contributed by atoms with Crippen LogP contribution in [-0.4, -0.2) is 12.1 Å². The highest BCUT2D eigenvalue weighted by atomic mass is 35.5. The summed E-state index contributed by atoms with van der Waals surface area (Å²) in [4.78, 5) is 12.2. The van der Waals surface area contributed by atoms with E-state index in [1.807, 2.05) is 42.5 Å². The van der Waals surface area contributed by atoms with Gasteiger partial charge in [-0.05, 0) is 29.3 Å². The molecule has 0 heterocycles. The molecule has 1 N–H and O–H groups in total. The fraction of sp³-hybridized carbons (Fsp3) is 0. The number of benzene rings is 3. The molecule has 0 saturated carbocycles. The number of hydrazone groups is 1. The van der Waals surface area contributed by atoms with Gasteiger partial charge in [-0.25, -0.2) is 5.43 Å². The maximum Gasteiger partial charge on any atom is 0.271 e. The first-order valence-corrected chi connectivity index (χ1v) is 8.33. The van der Waals surface area contributed by atoms with Crippen molar-refractivity contribution >= 4 is 35.3 Å². The lowest BCUT2D eigenvalue weighted by atomic mass is 10.0. The molecule has 0 unspecified atom stereocenters. The number of amides is 1. The molecule has 1 amide bonds. The van der Waals surface area contributed by atoms with Gasteiger partial charge in [0.25, 0.3) is 5.91 Å². The maximum atomic E-state index is 12.2. The van der Waals surface area contributed by atoms with Crippen LogP contribution in [-0.2, 0) is 0 Å². The van der Waals surface area contributed by atoms with E-state index in [-0.39, 0.29) is 5.91 Å². The van der Waals surface area contributed by atoms with Crippen LogP contribution in [0.15, 0.2) is 77.9 Å². The monoisotopic (exact) mass is 368 g/mol. The molecule has 0 bridgehead atoms.